The lowest BCUT2D eigenvalue weighted by molar-refractivity contribution is -0.0344. The molecule has 0 aromatic heterocycles. The third kappa shape index (κ3) is 7.81. The van der Waals surface area contributed by atoms with Crippen molar-refractivity contribution in [3.05, 3.63) is 48.0 Å². The van der Waals surface area contributed by atoms with Gasteiger partial charge in [0.15, 0.2) is 0 Å². The smallest absolute Gasteiger partial charge is 0.431 e. The summed E-state index contributed by atoms with van der Waals surface area (Å²) in [6.45, 7) is 8.86. The molecule has 0 radical (unpaired) electrons. The Labute approximate surface area is 143 Å². The fraction of sp³-hybridized carbons (Fsp3) is 0.474. The first-order valence-electron chi connectivity index (χ1n) is 8.12. The lowest BCUT2D eigenvalue weighted by Crippen LogP contribution is -2.16. The molecule has 1 aromatic rings. The maximum Gasteiger partial charge on any atom is 0.511 e. The third-order valence-electron chi connectivity index (χ3n) is 3.34. The van der Waals surface area contributed by atoms with E-state index in [0.717, 1.165) is 19.3 Å². The van der Waals surface area contributed by atoms with E-state index >= 15 is 0 Å². The molecule has 0 saturated heterocycles. The average molecular weight is 334 g/mol. The molecule has 132 valence electrons. The summed E-state index contributed by atoms with van der Waals surface area (Å²) in [4.78, 5) is 23.0. The van der Waals surface area contributed by atoms with Gasteiger partial charge >= 0.3 is 12.1 Å². The van der Waals surface area contributed by atoms with Gasteiger partial charge in [-0.3, -0.25) is 0 Å². The Morgan fingerprint density at radius 1 is 1.12 bits per heavy atom. The topological polar surface area (TPSA) is 61.8 Å². The highest BCUT2D eigenvalue weighted by Crippen LogP contribution is 2.15. The quantitative estimate of drug-likeness (QED) is 0.378. The summed E-state index contributed by atoms with van der Waals surface area (Å²) in [6, 6.07) is 7.25. The van der Waals surface area contributed by atoms with E-state index < -0.39 is 18.9 Å². The number of hydrogen-bond donors (Lipinski definition) is 0. The molecule has 0 amide bonds. The predicted octanol–water partition coefficient (Wildman–Crippen LogP) is 4.51. The molecule has 24 heavy (non-hydrogen) atoms. The number of rotatable bonds is 9. The molecule has 1 rings (SSSR count). The summed E-state index contributed by atoms with van der Waals surface area (Å²) in [5.41, 5.74) is 1.58. The van der Waals surface area contributed by atoms with Crippen molar-refractivity contribution in [3.63, 3.8) is 0 Å². The second-order valence-corrected chi connectivity index (χ2v) is 5.98. The molecular weight excluding hydrogens is 308 g/mol. The molecule has 0 aliphatic carbocycles. The first-order valence-corrected chi connectivity index (χ1v) is 8.12. The SMILES string of the molecule is C=CCCC(C)Cc1ccc(C(=O)OCOC(=O)OC(C)C)cc1. The molecule has 0 fully saturated rings. The van der Waals surface area contributed by atoms with Crippen LogP contribution in [0.5, 0.6) is 0 Å². The molecular formula is C19H26O5. The van der Waals surface area contributed by atoms with Crippen molar-refractivity contribution in [3.8, 4) is 0 Å². The van der Waals surface area contributed by atoms with E-state index in [0.29, 0.717) is 11.5 Å². The van der Waals surface area contributed by atoms with Crippen LogP contribution in [0, 0.1) is 5.92 Å². The van der Waals surface area contributed by atoms with Crippen LogP contribution < -0.4 is 0 Å². The zero-order chi connectivity index (χ0) is 17.9. The fourth-order valence-electron chi connectivity index (χ4n) is 2.12. The van der Waals surface area contributed by atoms with Gasteiger partial charge in [-0.25, -0.2) is 9.59 Å². The van der Waals surface area contributed by atoms with Crippen molar-refractivity contribution in [2.75, 3.05) is 6.79 Å². The molecule has 1 aromatic carbocycles. The number of esters is 1. The highest BCUT2D eigenvalue weighted by Gasteiger charge is 2.11. The second-order valence-electron chi connectivity index (χ2n) is 5.98. The molecule has 5 nitrogen and oxygen atoms in total. The molecule has 0 saturated carbocycles. The minimum atomic E-state index is -0.860. The first-order chi connectivity index (χ1) is 11.4. The molecule has 5 heteroatoms. The van der Waals surface area contributed by atoms with Crippen molar-refractivity contribution in [2.45, 2.75) is 46.1 Å². The Morgan fingerprint density at radius 2 is 1.79 bits per heavy atom. The standard InChI is InChI=1S/C19H26O5/c1-5-6-7-15(4)12-16-8-10-17(11-9-16)18(20)22-13-23-19(21)24-14(2)3/h5,8-11,14-15H,1,6-7,12-13H2,2-4H3. The molecule has 0 aliphatic rings. The van der Waals surface area contributed by atoms with Crippen LogP contribution in [-0.4, -0.2) is 25.0 Å². The van der Waals surface area contributed by atoms with Gasteiger partial charge in [-0.1, -0.05) is 25.1 Å². The van der Waals surface area contributed by atoms with Gasteiger partial charge in [-0.05, 0) is 56.7 Å². The van der Waals surface area contributed by atoms with Crippen molar-refractivity contribution in [1.82, 2.24) is 0 Å². The minimum absolute atomic E-state index is 0.283. The molecule has 0 heterocycles. The van der Waals surface area contributed by atoms with Crippen molar-refractivity contribution in [2.24, 2.45) is 5.92 Å². The van der Waals surface area contributed by atoms with E-state index in [9.17, 15) is 9.59 Å². The molecule has 0 spiro atoms. The van der Waals surface area contributed by atoms with Crippen molar-refractivity contribution in [1.29, 1.82) is 0 Å². The largest absolute Gasteiger partial charge is 0.511 e. The monoisotopic (exact) mass is 334 g/mol. The highest BCUT2D eigenvalue weighted by atomic mass is 16.8. The second kappa shape index (κ2) is 10.5. The number of allylic oxidation sites excluding steroid dienone is 1. The number of hydrogen-bond acceptors (Lipinski definition) is 5. The highest BCUT2D eigenvalue weighted by molar-refractivity contribution is 5.89. The summed E-state index contributed by atoms with van der Waals surface area (Å²) in [5.74, 6) is 0.0137. The molecule has 0 aliphatic heterocycles. The van der Waals surface area contributed by atoms with Crippen LogP contribution >= 0.6 is 0 Å². The van der Waals surface area contributed by atoms with E-state index in [1.54, 1.807) is 26.0 Å². The van der Waals surface area contributed by atoms with Gasteiger partial charge in [0.05, 0.1) is 11.7 Å². The average Bonchev–Trinajstić information content (AvgIpc) is 2.52. The minimum Gasteiger partial charge on any atom is -0.431 e. The maximum absolute atomic E-state index is 11.9. The van der Waals surface area contributed by atoms with Gasteiger partial charge in [0, 0.05) is 0 Å². The van der Waals surface area contributed by atoms with Crippen LogP contribution in [0.1, 0.15) is 49.5 Å². The zero-order valence-electron chi connectivity index (χ0n) is 14.6. The predicted molar refractivity (Wildman–Crippen MR) is 91.7 cm³/mol. The summed E-state index contributed by atoms with van der Waals surface area (Å²) < 4.78 is 14.3. The Bertz CT molecular complexity index is 533. The van der Waals surface area contributed by atoms with Crippen LogP contribution in [0.2, 0.25) is 0 Å². The number of benzene rings is 1. The van der Waals surface area contributed by atoms with Gasteiger partial charge < -0.3 is 14.2 Å². The lowest BCUT2D eigenvalue weighted by atomic mass is 9.96. The molecule has 1 atom stereocenters. The summed E-state index contributed by atoms with van der Waals surface area (Å²) in [7, 11) is 0. The zero-order valence-corrected chi connectivity index (χ0v) is 14.6. The van der Waals surface area contributed by atoms with Crippen LogP contribution in [0.4, 0.5) is 4.79 Å². The van der Waals surface area contributed by atoms with E-state index in [4.69, 9.17) is 9.47 Å². The lowest BCUT2D eigenvalue weighted by Gasteiger charge is -2.11. The van der Waals surface area contributed by atoms with Crippen LogP contribution in [0.3, 0.4) is 0 Å². The van der Waals surface area contributed by atoms with E-state index in [1.807, 2.05) is 18.2 Å². The Morgan fingerprint density at radius 3 is 2.38 bits per heavy atom. The van der Waals surface area contributed by atoms with Crippen molar-refractivity contribution >= 4 is 12.1 Å². The summed E-state index contributed by atoms with van der Waals surface area (Å²) >= 11 is 0. The van der Waals surface area contributed by atoms with Crippen molar-refractivity contribution < 1.29 is 23.8 Å². The molecule has 1 unspecified atom stereocenters. The van der Waals surface area contributed by atoms with Crippen LogP contribution in [0.15, 0.2) is 36.9 Å². The number of carbonyl (C=O) groups excluding carboxylic acids is 2. The van der Waals surface area contributed by atoms with Gasteiger partial charge in [0.2, 0.25) is 6.79 Å². The van der Waals surface area contributed by atoms with Crippen LogP contribution in [0.25, 0.3) is 0 Å². The van der Waals surface area contributed by atoms with E-state index in [1.165, 1.54) is 5.56 Å². The van der Waals surface area contributed by atoms with Gasteiger partial charge in [-0.15, -0.1) is 6.58 Å². The molecule has 0 bridgehead atoms. The third-order valence-corrected chi connectivity index (χ3v) is 3.34. The number of ether oxygens (including phenoxy) is 3. The summed E-state index contributed by atoms with van der Waals surface area (Å²) in [5, 5.41) is 0. The summed E-state index contributed by atoms with van der Waals surface area (Å²) in [6.07, 6.45) is 3.83. The normalized spacial score (nSPS) is 11.7. The van der Waals surface area contributed by atoms with E-state index in [2.05, 4.69) is 18.2 Å². The van der Waals surface area contributed by atoms with Gasteiger partial charge in [0.25, 0.3) is 0 Å². The van der Waals surface area contributed by atoms with Crippen LogP contribution in [-0.2, 0) is 20.6 Å². The van der Waals surface area contributed by atoms with E-state index in [-0.39, 0.29) is 6.10 Å². The Kier molecular flexibility index (Phi) is 8.61. The Hall–Kier alpha value is -2.30. The van der Waals surface area contributed by atoms with Gasteiger partial charge in [-0.2, -0.15) is 0 Å². The number of carbonyl (C=O) groups is 2. The Balaban J connectivity index is 2.40. The first kappa shape index (κ1) is 19.7. The fourth-order valence-corrected chi connectivity index (χ4v) is 2.12. The molecule has 0 N–H and O–H groups in total. The maximum atomic E-state index is 11.9. The van der Waals surface area contributed by atoms with Gasteiger partial charge in [0.1, 0.15) is 0 Å².